The van der Waals surface area contributed by atoms with Gasteiger partial charge in [0.15, 0.2) is 17.6 Å². The molecule has 1 saturated heterocycles. The van der Waals surface area contributed by atoms with Gasteiger partial charge in [-0.05, 0) is 48.6 Å². The number of benzene rings is 2. The highest BCUT2D eigenvalue weighted by Gasteiger charge is 2.38. The smallest absolute Gasteiger partial charge is 0.277 e. The summed E-state index contributed by atoms with van der Waals surface area (Å²) in [6.07, 6.45) is 1.05. The number of hydrogen-bond acceptors (Lipinski definition) is 6. The number of carbonyl (C=O) groups is 3. The van der Waals surface area contributed by atoms with Crippen LogP contribution in [0.4, 0.5) is 5.69 Å². The maximum Gasteiger partial charge on any atom is 0.277 e. The van der Waals surface area contributed by atoms with E-state index < -0.39 is 23.6 Å². The molecule has 2 N–H and O–H groups in total. The molecule has 2 aromatic carbocycles. The van der Waals surface area contributed by atoms with Crippen LogP contribution in [-0.4, -0.2) is 35.7 Å². The molecule has 0 bridgehead atoms. The highest BCUT2D eigenvalue weighted by molar-refractivity contribution is 7.80. The molecule has 3 rings (SSSR count). The molecule has 0 aliphatic carbocycles. The average molecular weight is 431 g/mol. The van der Waals surface area contributed by atoms with Crippen LogP contribution in [0.15, 0.2) is 59.7 Å². The Kier molecular flexibility index (Phi) is 6.53. The molecule has 1 heterocycles. The number of rotatable bonds is 6. The van der Waals surface area contributed by atoms with Crippen LogP contribution in [-0.2, 0) is 14.4 Å². The van der Waals surface area contributed by atoms with Gasteiger partial charge in [0.2, 0.25) is 5.91 Å². The van der Waals surface area contributed by atoms with Gasteiger partial charge in [-0.15, -0.1) is 0 Å². The van der Waals surface area contributed by atoms with Crippen LogP contribution in [0.3, 0.4) is 0 Å². The van der Waals surface area contributed by atoms with Crippen LogP contribution >= 0.6 is 23.8 Å². The molecule has 0 unspecified atom stereocenters. The molecule has 10 heteroatoms. The van der Waals surface area contributed by atoms with Crippen molar-refractivity contribution in [2.75, 3.05) is 11.5 Å². The molecule has 1 atom stereocenters. The number of anilines is 1. The SMILES string of the molecule is O=C(COc1ccc(Cl)cc1)N/N=C\[C@@H]1C(=O)NC(=S)N(c2ccccc2)C1=O. The minimum absolute atomic E-state index is 0.0174. The van der Waals surface area contributed by atoms with Crippen LogP contribution in [0.2, 0.25) is 5.02 Å². The minimum atomic E-state index is -1.24. The van der Waals surface area contributed by atoms with E-state index in [1.165, 1.54) is 4.90 Å². The molecule has 1 aliphatic heterocycles. The second kappa shape index (κ2) is 9.26. The van der Waals surface area contributed by atoms with Gasteiger partial charge in [0.05, 0.1) is 5.69 Å². The maximum absolute atomic E-state index is 12.7. The second-order valence-corrected chi connectivity index (χ2v) is 6.66. The lowest BCUT2D eigenvalue weighted by Crippen LogP contribution is -2.58. The predicted molar refractivity (Wildman–Crippen MR) is 112 cm³/mol. The first-order chi connectivity index (χ1) is 14.0. The van der Waals surface area contributed by atoms with E-state index in [1.807, 2.05) is 0 Å². The number of hydrazone groups is 1. The van der Waals surface area contributed by atoms with E-state index in [0.717, 1.165) is 6.21 Å². The number of ether oxygens (including phenoxy) is 1. The first kappa shape index (κ1) is 20.4. The molecule has 0 spiro atoms. The van der Waals surface area contributed by atoms with E-state index in [9.17, 15) is 14.4 Å². The summed E-state index contributed by atoms with van der Waals surface area (Å²) in [7, 11) is 0. The number of thiocarbonyl (C=S) groups is 1. The van der Waals surface area contributed by atoms with Gasteiger partial charge in [-0.25, -0.2) is 5.43 Å². The largest absolute Gasteiger partial charge is 0.484 e. The van der Waals surface area contributed by atoms with E-state index in [2.05, 4.69) is 15.8 Å². The minimum Gasteiger partial charge on any atom is -0.484 e. The van der Waals surface area contributed by atoms with Crippen LogP contribution in [0.1, 0.15) is 0 Å². The third-order valence-corrected chi connectivity index (χ3v) is 4.35. The second-order valence-electron chi connectivity index (χ2n) is 5.84. The third kappa shape index (κ3) is 5.15. The fourth-order valence-corrected chi connectivity index (χ4v) is 2.86. The maximum atomic E-state index is 12.7. The monoisotopic (exact) mass is 430 g/mol. The van der Waals surface area contributed by atoms with Crippen molar-refractivity contribution < 1.29 is 19.1 Å². The molecule has 1 aliphatic rings. The van der Waals surface area contributed by atoms with Crippen LogP contribution < -0.4 is 20.4 Å². The van der Waals surface area contributed by atoms with Gasteiger partial charge in [0.25, 0.3) is 11.8 Å². The number of nitrogens with one attached hydrogen (secondary N) is 2. The molecule has 0 saturated carbocycles. The summed E-state index contributed by atoms with van der Waals surface area (Å²) in [4.78, 5) is 37.9. The summed E-state index contributed by atoms with van der Waals surface area (Å²) in [5, 5.41) is 6.68. The molecule has 0 radical (unpaired) electrons. The van der Waals surface area contributed by atoms with Gasteiger partial charge in [0, 0.05) is 11.2 Å². The standard InChI is InChI=1S/C19H15ClN4O4S/c20-12-6-8-14(9-7-12)28-11-16(25)23-21-10-15-17(26)22-19(29)24(18(15)27)13-4-2-1-3-5-13/h1-10,15H,11H2,(H,23,25)(H,22,26,29)/b21-10-/t15-/m1/s1. The Labute approximate surface area is 176 Å². The van der Waals surface area contributed by atoms with Gasteiger partial charge in [-0.3, -0.25) is 19.3 Å². The van der Waals surface area contributed by atoms with Crippen molar-refractivity contribution in [3.63, 3.8) is 0 Å². The van der Waals surface area contributed by atoms with E-state index in [0.29, 0.717) is 16.5 Å². The normalized spacial score (nSPS) is 16.7. The molecular weight excluding hydrogens is 416 g/mol. The van der Waals surface area contributed by atoms with Crippen LogP contribution in [0, 0.1) is 5.92 Å². The molecule has 148 valence electrons. The zero-order valence-electron chi connectivity index (χ0n) is 14.9. The Morgan fingerprint density at radius 2 is 1.90 bits per heavy atom. The zero-order chi connectivity index (χ0) is 20.8. The third-order valence-electron chi connectivity index (χ3n) is 3.81. The van der Waals surface area contributed by atoms with Crippen molar-refractivity contribution in [3.05, 3.63) is 59.6 Å². The Morgan fingerprint density at radius 1 is 1.21 bits per heavy atom. The Balaban J connectivity index is 1.59. The summed E-state index contributed by atoms with van der Waals surface area (Å²) >= 11 is 10.9. The molecule has 29 heavy (non-hydrogen) atoms. The number of halogens is 1. The van der Waals surface area contributed by atoms with Gasteiger partial charge < -0.3 is 10.1 Å². The Morgan fingerprint density at radius 3 is 2.59 bits per heavy atom. The van der Waals surface area contributed by atoms with E-state index >= 15 is 0 Å². The molecule has 3 amide bonds. The number of nitrogens with zero attached hydrogens (tertiary/aromatic N) is 2. The van der Waals surface area contributed by atoms with Gasteiger partial charge in [-0.2, -0.15) is 5.10 Å². The van der Waals surface area contributed by atoms with E-state index in [1.54, 1.807) is 54.6 Å². The predicted octanol–water partition coefficient (Wildman–Crippen LogP) is 1.88. The zero-order valence-corrected chi connectivity index (χ0v) is 16.4. The topological polar surface area (TPSA) is 100 Å². The van der Waals surface area contributed by atoms with Crippen LogP contribution in [0.5, 0.6) is 5.75 Å². The quantitative estimate of drug-likeness (QED) is 0.315. The molecule has 1 fully saturated rings. The van der Waals surface area contributed by atoms with Crippen molar-refractivity contribution >= 4 is 58.6 Å². The number of hydrogen-bond donors (Lipinski definition) is 2. The van der Waals surface area contributed by atoms with Gasteiger partial charge in [-0.1, -0.05) is 29.8 Å². The van der Waals surface area contributed by atoms with E-state index in [-0.39, 0.29) is 11.7 Å². The van der Waals surface area contributed by atoms with Crippen molar-refractivity contribution in [3.8, 4) is 5.75 Å². The Bertz CT molecular complexity index is 966. The number of para-hydroxylation sites is 1. The van der Waals surface area contributed by atoms with Gasteiger partial charge >= 0.3 is 0 Å². The lowest BCUT2D eigenvalue weighted by molar-refractivity contribution is -0.130. The van der Waals surface area contributed by atoms with Crippen molar-refractivity contribution in [1.29, 1.82) is 0 Å². The van der Waals surface area contributed by atoms with Crippen molar-refractivity contribution in [2.24, 2.45) is 11.0 Å². The summed E-state index contributed by atoms with van der Waals surface area (Å²) in [6.45, 7) is -0.302. The van der Waals surface area contributed by atoms with E-state index in [4.69, 9.17) is 28.6 Å². The fourth-order valence-electron chi connectivity index (χ4n) is 2.44. The highest BCUT2D eigenvalue weighted by atomic mass is 35.5. The summed E-state index contributed by atoms with van der Waals surface area (Å²) < 4.78 is 5.28. The van der Waals surface area contributed by atoms with Gasteiger partial charge in [0.1, 0.15) is 5.75 Å². The highest BCUT2D eigenvalue weighted by Crippen LogP contribution is 2.19. The number of amides is 3. The average Bonchev–Trinajstić information content (AvgIpc) is 2.70. The number of carbonyl (C=O) groups excluding carboxylic acids is 3. The lowest BCUT2D eigenvalue weighted by atomic mass is 10.1. The summed E-state index contributed by atoms with van der Waals surface area (Å²) in [6, 6.07) is 15.1. The summed E-state index contributed by atoms with van der Waals surface area (Å²) in [5.74, 6) is -2.53. The van der Waals surface area contributed by atoms with Crippen molar-refractivity contribution in [2.45, 2.75) is 0 Å². The van der Waals surface area contributed by atoms with Crippen molar-refractivity contribution in [1.82, 2.24) is 10.7 Å². The first-order valence-electron chi connectivity index (χ1n) is 8.40. The Hall–Kier alpha value is -3.30. The van der Waals surface area contributed by atoms with Crippen LogP contribution in [0.25, 0.3) is 0 Å². The lowest BCUT2D eigenvalue weighted by Gasteiger charge is -2.30. The fraction of sp³-hybridized carbons (Fsp3) is 0.105. The molecule has 0 aromatic heterocycles. The summed E-state index contributed by atoms with van der Waals surface area (Å²) in [5.41, 5.74) is 2.73. The molecule has 2 aromatic rings. The molecule has 8 nitrogen and oxygen atoms in total. The first-order valence-corrected chi connectivity index (χ1v) is 9.18. The molecular formula is C19H15ClN4O4S.